The molecule has 1 rings (SSSR count). The molecule has 6 N–H and O–H groups in total. The number of benzene rings is 1. The molecule has 1 aromatic carbocycles. The van der Waals surface area contributed by atoms with Crippen LogP contribution >= 0.6 is 11.8 Å². The Morgan fingerprint density at radius 2 is 1.67 bits per heavy atom. The van der Waals surface area contributed by atoms with E-state index in [4.69, 9.17) is 10.6 Å². The van der Waals surface area contributed by atoms with E-state index in [1.54, 1.807) is 34.6 Å². The van der Waals surface area contributed by atoms with Crippen LogP contribution < -0.4 is 27.2 Å². The molecule has 0 bridgehead atoms. The fourth-order valence-electron chi connectivity index (χ4n) is 2.64. The van der Waals surface area contributed by atoms with Crippen LogP contribution in [0.2, 0.25) is 0 Å². The highest BCUT2D eigenvalue weighted by molar-refractivity contribution is 7.98. The van der Waals surface area contributed by atoms with Crippen molar-refractivity contribution in [3.63, 3.8) is 0 Å². The molecule has 0 aliphatic rings. The molecule has 0 aliphatic carbocycles. The summed E-state index contributed by atoms with van der Waals surface area (Å²) < 4.78 is 5.08. The third-order valence-electron chi connectivity index (χ3n) is 4.23. The van der Waals surface area contributed by atoms with Gasteiger partial charge in [-0.2, -0.15) is 11.8 Å². The van der Waals surface area contributed by atoms with Crippen molar-refractivity contribution in [2.75, 3.05) is 12.3 Å². The third-order valence-corrected chi connectivity index (χ3v) is 5.34. The van der Waals surface area contributed by atoms with E-state index in [9.17, 15) is 19.2 Å². The molecule has 0 unspecified atom stereocenters. The van der Waals surface area contributed by atoms with Gasteiger partial charge in [-0.3, -0.25) is 19.8 Å². The minimum absolute atomic E-state index is 0.269. The van der Waals surface area contributed by atoms with E-state index in [1.165, 1.54) is 11.8 Å². The average Bonchev–Trinajstić information content (AvgIpc) is 2.74. The number of rotatable bonds is 11. The standard InChI is InChI=1S/C22H35N5O5S/c1-14(2)18(26-17(28)11-24-21(31)32-22(3,4)5)20(30)25-16(19(29)27-23)13-33-12-15-9-7-6-8-10-15/h6-10,14,16,18H,11-13,23H2,1-5H3,(H,24,31)(H,25,30)(H,26,28)(H,27,29)/t16-,18-/m0/s1. The minimum Gasteiger partial charge on any atom is -0.444 e. The van der Waals surface area contributed by atoms with Crippen molar-refractivity contribution in [3.05, 3.63) is 35.9 Å². The number of alkyl carbamates (subject to hydrolysis) is 1. The number of hydrogen-bond donors (Lipinski definition) is 5. The zero-order valence-corrected chi connectivity index (χ0v) is 20.6. The number of carbonyl (C=O) groups is 4. The number of nitrogens with one attached hydrogen (secondary N) is 4. The van der Waals surface area contributed by atoms with Crippen LogP contribution in [0.4, 0.5) is 4.79 Å². The molecule has 0 saturated heterocycles. The molecule has 4 amide bonds. The van der Waals surface area contributed by atoms with Crippen molar-refractivity contribution in [2.24, 2.45) is 11.8 Å². The maximum Gasteiger partial charge on any atom is 0.408 e. The molecular formula is C22H35N5O5S. The normalized spacial score (nSPS) is 12.9. The Labute approximate surface area is 199 Å². The summed E-state index contributed by atoms with van der Waals surface area (Å²) in [6.07, 6.45) is -0.738. The van der Waals surface area contributed by atoms with E-state index in [2.05, 4.69) is 21.4 Å². The van der Waals surface area contributed by atoms with E-state index in [0.29, 0.717) is 11.5 Å². The van der Waals surface area contributed by atoms with Crippen molar-refractivity contribution in [1.29, 1.82) is 0 Å². The van der Waals surface area contributed by atoms with E-state index < -0.39 is 41.5 Å². The van der Waals surface area contributed by atoms with Crippen LogP contribution in [0.5, 0.6) is 0 Å². The second kappa shape index (κ2) is 13.7. The quantitative estimate of drug-likeness (QED) is 0.180. The molecule has 33 heavy (non-hydrogen) atoms. The number of hydrogen-bond acceptors (Lipinski definition) is 7. The van der Waals surface area contributed by atoms with Gasteiger partial charge in [-0.25, -0.2) is 10.6 Å². The largest absolute Gasteiger partial charge is 0.444 e. The molecule has 1 aromatic rings. The predicted octanol–water partition coefficient (Wildman–Crippen LogP) is 1.06. The van der Waals surface area contributed by atoms with Crippen molar-refractivity contribution in [2.45, 2.75) is 58.1 Å². The summed E-state index contributed by atoms with van der Waals surface area (Å²) in [5.41, 5.74) is 2.46. The predicted molar refractivity (Wildman–Crippen MR) is 128 cm³/mol. The van der Waals surface area contributed by atoms with Gasteiger partial charge in [0.25, 0.3) is 5.91 Å². The number of amides is 4. The van der Waals surface area contributed by atoms with Gasteiger partial charge in [0, 0.05) is 11.5 Å². The lowest BCUT2D eigenvalue weighted by Crippen LogP contribution is -2.57. The SMILES string of the molecule is CC(C)[C@H](NC(=O)CNC(=O)OC(C)(C)C)C(=O)N[C@@H](CSCc1ccccc1)C(=O)NN. The van der Waals surface area contributed by atoms with Crippen LogP contribution in [0.1, 0.15) is 40.2 Å². The summed E-state index contributed by atoms with van der Waals surface area (Å²) in [5, 5.41) is 7.59. The lowest BCUT2D eigenvalue weighted by molar-refractivity contribution is -0.132. The molecule has 2 atom stereocenters. The van der Waals surface area contributed by atoms with Gasteiger partial charge in [-0.15, -0.1) is 0 Å². The van der Waals surface area contributed by atoms with Crippen LogP contribution in [-0.4, -0.2) is 53.8 Å². The van der Waals surface area contributed by atoms with Crippen molar-refractivity contribution in [3.8, 4) is 0 Å². The molecule has 0 radical (unpaired) electrons. The maximum atomic E-state index is 12.8. The van der Waals surface area contributed by atoms with Gasteiger partial charge in [-0.05, 0) is 32.3 Å². The van der Waals surface area contributed by atoms with E-state index in [0.717, 1.165) is 5.56 Å². The number of ether oxygens (including phenoxy) is 1. The zero-order valence-electron chi connectivity index (χ0n) is 19.8. The van der Waals surface area contributed by atoms with Crippen LogP contribution in [0.25, 0.3) is 0 Å². The van der Waals surface area contributed by atoms with E-state index in [1.807, 2.05) is 30.3 Å². The number of thioether (sulfide) groups is 1. The summed E-state index contributed by atoms with van der Waals surface area (Å²) in [6, 6.07) is 7.92. The molecule has 0 aromatic heterocycles. The van der Waals surface area contributed by atoms with Crippen LogP contribution in [0.3, 0.4) is 0 Å². The Hall–Kier alpha value is -2.79. The fraction of sp³-hybridized carbons (Fsp3) is 0.545. The molecule has 184 valence electrons. The Bertz CT molecular complexity index is 798. The first-order chi connectivity index (χ1) is 15.4. The van der Waals surface area contributed by atoms with Crippen LogP contribution in [-0.2, 0) is 24.9 Å². The molecule has 0 aliphatic heterocycles. The average molecular weight is 482 g/mol. The summed E-state index contributed by atoms with van der Waals surface area (Å²) >= 11 is 1.47. The Kier molecular flexibility index (Phi) is 11.7. The number of nitrogens with two attached hydrogens (primary N) is 1. The van der Waals surface area contributed by atoms with Gasteiger partial charge in [0.15, 0.2) is 0 Å². The smallest absolute Gasteiger partial charge is 0.408 e. The van der Waals surface area contributed by atoms with Gasteiger partial charge in [0.2, 0.25) is 11.8 Å². The maximum absolute atomic E-state index is 12.8. The second-order valence-electron chi connectivity index (χ2n) is 8.72. The molecule has 11 heteroatoms. The molecule has 0 heterocycles. The number of carbonyl (C=O) groups excluding carboxylic acids is 4. The Morgan fingerprint density at radius 1 is 1.03 bits per heavy atom. The summed E-state index contributed by atoms with van der Waals surface area (Å²) in [4.78, 5) is 49.0. The molecular weight excluding hydrogens is 446 g/mol. The number of hydrazine groups is 1. The van der Waals surface area contributed by atoms with Crippen molar-refractivity contribution < 1.29 is 23.9 Å². The van der Waals surface area contributed by atoms with Gasteiger partial charge in [0.1, 0.15) is 24.2 Å². The first-order valence-corrected chi connectivity index (χ1v) is 11.8. The summed E-state index contributed by atoms with van der Waals surface area (Å²) in [5.74, 6) is 4.34. The van der Waals surface area contributed by atoms with Gasteiger partial charge >= 0.3 is 6.09 Å². The minimum atomic E-state index is -0.912. The van der Waals surface area contributed by atoms with Crippen LogP contribution in [0, 0.1) is 5.92 Å². The van der Waals surface area contributed by atoms with Crippen molar-refractivity contribution >= 4 is 35.6 Å². The van der Waals surface area contributed by atoms with Crippen LogP contribution in [0.15, 0.2) is 30.3 Å². The summed E-state index contributed by atoms with van der Waals surface area (Å²) in [6.45, 7) is 8.28. The monoisotopic (exact) mass is 481 g/mol. The summed E-state index contributed by atoms with van der Waals surface area (Å²) in [7, 11) is 0. The highest BCUT2D eigenvalue weighted by atomic mass is 32.2. The van der Waals surface area contributed by atoms with E-state index in [-0.39, 0.29) is 12.5 Å². The third kappa shape index (κ3) is 11.6. The molecule has 10 nitrogen and oxygen atoms in total. The topological polar surface area (TPSA) is 152 Å². The molecule has 0 spiro atoms. The van der Waals surface area contributed by atoms with Gasteiger partial charge < -0.3 is 20.7 Å². The zero-order chi connectivity index (χ0) is 25.0. The van der Waals surface area contributed by atoms with Gasteiger partial charge in [-0.1, -0.05) is 44.2 Å². The lowest BCUT2D eigenvalue weighted by atomic mass is 10.0. The Balaban J connectivity index is 2.66. The molecule has 0 saturated carbocycles. The highest BCUT2D eigenvalue weighted by Crippen LogP contribution is 2.13. The Morgan fingerprint density at radius 3 is 2.21 bits per heavy atom. The second-order valence-corrected chi connectivity index (χ2v) is 9.75. The van der Waals surface area contributed by atoms with E-state index >= 15 is 0 Å². The van der Waals surface area contributed by atoms with Gasteiger partial charge in [0.05, 0.1) is 0 Å². The molecule has 0 fully saturated rings. The first-order valence-electron chi connectivity index (χ1n) is 10.6. The lowest BCUT2D eigenvalue weighted by Gasteiger charge is -2.25. The van der Waals surface area contributed by atoms with Crippen molar-refractivity contribution in [1.82, 2.24) is 21.4 Å². The first kappa shape index (κ1) is 28.2. The highest BCUT2D eigenvalue weighted by Gasteiger charge is 2.29. The fourth-order valence-corrected chi connectivity index (χ4v) is 3.66.